The summed E-state index contributed by atoms with van der Waals surface area (Å²) >= 11 is 0. The van der Waals surface area contributed by atoms with Crippen LogP contribution in [0.4, 0.5) is 0 Å². The number of nitrogens with one attached hydrogen (secondary N) is 1. The van der Waals surface area contributed by atoms with Crippen molar-refractivity contribution in [3.8, 4) is 5.75 Å². The maximum atomic E-state index is 13.0. The molecular weight excluding hydrogens is 452 g/mol. The first-order valence-corrected chi connectivity index (χ1v) is 13.5. The van der Waals surface area contributed by atoms with Crippen LogP contribution in [0.15, 0.2) is 54.6 Å². The Morgan fingerprint density at radius 3 is 2.38 bits per heavy atom. The molecule has 1 fully saturated rings. The highest BCUT2D eigenvalue weighted by Crippen LogP contribution is 2.36. The first-order valence-electron chi connectivity index (χ1n) is 11.9. The molecule has 0 unspecified atom stereocenters. The van der Waals surface area contributed by atoms with Crippen molar-refractivity contribution in [2.24, 2.45) is 5.92 Å². The van der Waals surface area contributed by atoms with E-state index in [1.165, 1.54) is 7.11 Å². The number of nitrogens with zero attached hydrogens (tertiary/aromatic N) is 1. The van der Waals surface area contributed by atoms with E-state index in [1.807, 2.05) is 43.3 Å². The van der Waals surface area contributed by atoms with E-state index in [-0.39, 0.29) is 29.6 Å². The molecular formula is C26H36N2O5S. The Morgan fingerprint density at radius 2 is 1.76 bits per heavy atom. The molecule has 1 aliphatic heterocycles. The van der Waals surface area contributed by atoms with Gasteiger partial charge in [0.25, 0.3) is 5.91 Å². The van der Waals surface area contributed by atoms with Gasteiger partial charge in [-0.3, -0.25) is 4.79 Å². The van der Waals surface area contributed by atoms with Gasteiger partial charge in [0, 0.05) is 31.7 Å². The van der Waals surface area contributed by atoms with Gasteiger partial charge in [-0.15, -0.1) is 0 Å². The zero-order valence-electron chi connectivity index (χ0n) is 20.1. The predicted molar refractivity (Wildman–Crippen MR) is 134 cm³/mol. The van der Waals surface area contributed by atoms with E-state index < -0.39 is 10.0 Å². The molecule has 1 atom stereocenters. The van der Waals surface area contributed by atoms with Gasteiger partial charge in [0.1, 0.15) is 5.75 Å². The van der Waals surface area contributed by atoms with Gasteiger partial charge in [-0.25, -0.2) is 12.7 Å². The number of methoxy groups -OCH3 is 1. The van der Waals surface area contributed by atoms with Crippen LogP contribution >= 0.6 is 0 Å². The Hall–Kier alpha value is -2.42. The van der Waals surface area contributed by atoms with Gasteiger partial charge in [0.2, 0.25) is 10.0 Å². The smallest absolute Gasteiger partial charge is 0.255 e. The Bertz CT molecular complexity index is 1030. The summed E-state index contributed by atoms with van der Waals surface area (Å²) in [5, 5.41) is 12.5. The number of benzene rings is 2. The number of hydrogen-bond acceptors (Lipinski definition) is 5. The lowest BCUT2D eigenvalue weighted by molar-refractivity contribution is 0.0930. The van der Waals surface area contributed by atoms with Crippen LogP contribution in [0.3, 0.4) is 0 Å². The first-order chi connectivity index (χ1) is 16.3. The van der Waals surface area contributed by atoms with E-state index >= 15 is 0 Å². The van der Waals surface area contributed by atoms with E-state index in [0.29, 0.717) is 50.2 Å². The van der Waals surface area contributed by atoms with Gasteiger partial charge in [-0.1, -0.05) is 55.8 Å². The molecule has 1 heterocycles. The van der Waals surface area contributed by atoms with Crippen molar-refractivity contribution >= 4 is 15.9 Å². The zero-order chi connectivity index (χ0) is 24.6. The van der Waals surface area contributed by atoms with Crippen molar-refractivity contribution in [1.29, 1.82) is 0 Å². The van der Waals surface area contributed by atoms with Crippen LogP contribution in [0, 0.1) is 5.92 Å². The van der Waals surface area contributed by atoms with Crippen LogP contribution in [-0.2, 0) is 15.4 Å². The molecule has 8 heteroatoms. The highest BCUT2D eigenvalue weighted by molar-refractivity contribution is 7.89. The summed E-state index contributed by atoms with van der Waals surface area (Å²) in [7, 11) is -1.86. The minimum atomic E-state index is -3.40. The number of aliphatic hydroxyl groups excluding tert-OH is 1. The molecule has 2 N–H and O–H groups in total. The summed E-state index contributed by atoms with van der Waals surface area (Å²) in [4.78, 5) is 13.0. The van der Waals surface area contributed by atoms with E-state index in [9.17, 15) is 18.3 Å². The number of carbonyl (C=O) groups excluding carboxylic acids is 1. The monoisotopic (exact) mass is 488 g/mol. The summed E-state index contributed by atoms with van der Waals surface area (Å²) in [6.07, 6.45) is 2.44. The van der Waals surface area contributed by atoms with Gasteiger partial charge >= 0.3 is 0 Å². The van der Waals surface area contributed by atoms with Crippen LogP contribution in [0.2, 0.25) is 0 Å². The second-order valence-electron chi connectivity index (χ2n) is 8.99. The summed E-state index contributed by atoms with van der Waals surface area (Å²) < 4.78 is 32.8. The molecule has 0 aromatic heterocycles. The number of amides is 1. The molecule has 2 aromatic carbocycles. The van der Waals surface area contributed by atoms with Crippen molar-refractivity contribution in [1.82, 2.24) is 9.62 Å². The molecule has 7 nitrogen and oxygen atoms in total. The maximum Gasteiger partial charge on any atom is 0.255 e. The molecule has 186 valence electrons. The lowest BCUT2D eigenvalue weighted by Gasteiger charge is -2.42. The van der Waals surface area contributed by atoms with Crippen LogP contribution < -0.4 is 10.1 Å². The van der Waals surface area contributed by atoms with Gasteiger partial charge in [0.15, 0.2) is 0 Å². The fourth-order valence-electron chi connectivity index (χ4n) is 4.60. The van der Waals surface area contributed by atoms with Gasteiger partial charge in [-0.2, -0.15) is 0 Å². The second kappa shape index (κ2) is 11.8. The van der Waals surface area contributed by atoms with Crippen LogP contribution in [-0.4, -0.2) is 62.8 Å². The highest BCUT2D eigenvalue weighted by Gasteiger charge is 2.39. The predicted octanol–water partition coefficient (Wildman–Crippen LogP) is 3.20. The third kappa shape index (κ3) is 6.17. The fourth-order valence-corrected chi connectivity index (χ4v) is 6.23. The number of piperidine rings is 1. The summed E-state index contributed by atoms with van der Waals surface area (Å²) in [5.41, 5.74) is 1.21. The molecule has 1 saturated heterocycles. The Balaban J connectivity index is 1.73. The zero-order valence-corrected chi connectivity index (χ0v) is 20.9. The lowest BCUT2D eigenvalue weighted by Crippen LogP contribution is -2.50. The number of ether oxygens (including phenoxy) is 1. The van der Waals surface area contributed by atoms with Crippen molar-refractivity contribution in [2.45, 2.75) is 38.0 Å². The topological polar surface area (TPSA) is 95.9 Å². The normalized spacial score (nSPS) is 17.1. The molecule has 0 radical (unpaired) electrons. The van der Waals surface area contributed by atoms with Crippen molar-refractivity contribution in [2.75, 3.05) is 39.1 Å². The number of para-hydroxylation sites is 1. The lowest BCUT2D eigenvalue weighted by atomic mass is 9.73. The summed E-state index contributed by atoms with van der Waals surface area (Å²) in [6, 6.07) is 17.1. The fraction of sp³-hybridized carbons (Fsp3) is 0.500. The minimum Gasteiger partial charge on any atom is -0.496 e. The van der Waals surface area contributed by atoms with Gasteiger partial charge < -0.3 is 15.2 Å². The third-order valence-corrected chi connectivity index (χ3v) is 8.92. The number of hydrogen-bond donors (Lipinski definition) is 2. The number of rotatable bonds is 11. The molecule has 34 heavy (non-hydrogen) atoms. The van der Waals surface area contributed by atoms with Crippen molar-refractivity contribution in [3.05, 3.63) is 65.7 Å². The first kappa shape index (κ1) is 26.2. The highest BCUT2D eigenvalue weighted by atomic mass is 32.2. The number of sulfonamides is 1. The summed E-state index contributed by atoms with van der Waals surface area (Å²) in [5.74, 6) is 0.364. The largest absolute Gasteiger partial charge is 0.496 e. The Morgan fingerprint density at radius 1 is 1.12 bits per heavy atom. The van der Waals surface area contributed by atoms with Crippen molar-refractivity contribution in [3.63, 3.8) is 0 Å². The molecule has 2 aromatic rings. The average Bonchev–Trinajstić information content (AvgIpc) is 2.88. The Labute approximate surface area is 203 Å². The number of aliphatic hydroxyl groups is 1. The standard InChI is InChI=1S/C26H36N2O5S/c1-3-21(19-29)13-18-34(31,32)28-16-14-26(15-17-28,22-9-5-4-6-10-22)20-27-25(30)23-11-7-8-12-24(23)33-2/h4-12,21,29H,3,13-20H2,1-2H3,(H,27,30)/t21-/m0/s1. The maximum absolute atomic E-state index is 13.0. The van der Waals surface area contributed by atoms with Crippen molar-refractivity contribution < 1.29 is 23.1 Å². The van der Waals surface area contributed by atoms with E-state index in [2.05, 4.69) is 5.32 Å². The van der Waals surface area contributed by atoms with E-state index in [4.69, 9.17) is 4.74 Å². The minimum absolute atomic E-state index is 0.00756. The van der Waals surface area contributed by atoms with Crippen LogP contribution in [0.25, 0.3) is 0 Å². The van der Waals surface area contributed by atoms with Crippen LogP contribution in [0.5, 0.6) is 5.75 Å². The van der Waals surface area contributed by atoms with E-state index in [1.54, 1.807) is 22.5 Å². The molecule has 1 aliphatic rings. The van der Waals surface area contributed by atoms with Gasteiger partial charge in [-0.05, 0) is 42.9 Å². The quantitative estimate of drug-likeness (QED) is 0.506. The van der Waals surface area contributed by atoms with E-state index in [0.717, 1.165) is 12.0 Å². The SMILES string of the molecule is CC[C@H](CO)CCS(=O)(=O)N1CCC(CNC(=O)c2ccccc2OC)(c2ccccc2)CC1. The molecule has 0 bridgehead atoms. The number of carbonyl (C=O) groups is 1. The van der Waals surface area contributed by atoms with Gasteiger partial charge in [0.05, 0.1) is 18.4 Å². The molecule has 3 rings (SSSR count). The average molecular weight is 489 g/mol. The molecule has 0 aliphatic carbocycles. The third-order valence-electron chi connectivity index (χ3n) is 7.02. The molecule has 1 amide bonds. The molecule has 0 spiro atoms. The molecule has 0 saturated carbocycles. The summed E-state index contributed by atoms with van der Waals surface area (Å²) in [6.45, 7) is 3.18. The Kier molecular flexibility index (Phi) is 9.10. The van der Waals surface area contributed by atoms with Crippen LogP contribution in [0.1, 0.15) is 48.5 Å². The second-order valence-corrected chi connectivity index (χ2v) is 11.1.